The van der Waals surface area contributed by atoms with Crippen molar-refractivity contribution in [2.24, 2.45) is 5.92 Å². The molecule has 2 N–H and O–H groups in total. The largest absolute Gasteiger partial charge is 0.486 e. The summed E-state index contributed by atoms with van der Waals surface area (Å²) in [6.07, 6.45) is 3.45. The molecule has 0 aliphatic carbocycles. The van der Waals surface area contributed by atoms with Crippen LogP contribution in [0.3, 0.4) is 0 Å². The number of likely N-dealkylation sites (tertiary alicyclic amines) is 1. The molecule has 222 valence electrons. The lowest BCUT2D eigenvalue weighted by atomic mass is 9.82. The van der Waals surface area contributed by atoms with Crippen molar-refractivity contribution in [1.29, 1.82) is 0 Å². The minimum atomic E-state index is -0.889. The van der Waals surface area contributed by atoms with E-state index in [9.17, 15) is 14.7 Å². The molecular formula is C34H39ClN2O5. The second kappa shape index (κ2) is 13.2. The molecule has 1 fully saturated rings. The first-order valence-corrected chi connectivity index (χ1v) is 15.3. The SMILES string of the molecule is CCCc1ccc([C@H]2C(C(=O)O)[C@@H](c3ccc4c(c3)OCCO4)CN2CC(=O)Nc2c(CC)cc(Cl)cc2CC)cc1. The van der Waals surface area contributed by atoms with Gasteiger partial charge in [-0.3, -0.25) is 14.5 Å². The van der Waals surface area contributed by atoms with Crippen LogP contribution in [0.15, 0.2) is 54.6 Å². The van der Waals surface area contributed by atoms with E-state index in [1.54, 1.807) is 0 Å². The molecule has 0 spiro atoms. The maximum absolute atomic E-state index is 13.6. The van der Waals surface area contributed by atoms with E-state index in [1.807, 2.05) is 61.2 Å². The Bertz CT molecular complexity index is 1420. The van der Waals surface area contributed by atoms with Crippen LogP contribution in [0.4, 0.5) is 5.69 Å². The van der Waals surface area contributed by atoms with Gasteiger partial charge in [0.2, 0.25) is 5.91 Å². The van der Waals surface area contributed by atoms with Gasteiger partial charge in [-0.2, -0.15) is 0 Å². The van der Waals surface area contributed by atoms with E-state index >= 15 is 0 Å². The van der Waals surface area contributed by atoms with Crippen LogP contribution < -0.4 is 14.8 Å². The van der Waals surface area contributed by atoms with Gasteiger partial charge in [-0.1, -0.05) is 69.1 Å². The summed E-state index contributed by atoms with van der Waals surface area (Å²) >= 11 is 6.34. The topological polar surface area (TPSA) is 88.1 Å². The molecule has 8 heteroatoms. The highest BCUT2D eigenvalue weighted by Crippen LogP contribution is 2.47. The van der Waals surface area contributed by atoms with Crippen LogP contribution in [0, 0.1) is 5.92 Å². The van der Waals surface area contributed by atoms with Gasteiger partial charge in [-0.05, 0) is 71.3 Å². The summed E-state index contributed by atoms with van der Waals surface area (Å²) in [5, 5.41) is 14.4. The summed E-state index contributed by atoms with van der Waals surface area (Å²) in [4.78, 5) is 28.6. The van der Waals surface area contributed by atoms with Gasteiger partial charge in [0.05, 0.1) is 12.5 Å². The highest BCUT2D eigenvalue weighted by Gasteiger charge is 2.48. The number of hydrogen-bond donors (Lipinski definition) is 2. The zero-order valence-electron chi connectivity index (χ0n) is 24.5. The lowest BCUT2D eigenvalue weighted by Gasteiger charge is -2.27. The maximum atomic E-state index is 13.6. The molecule has 0 radical (unpaired) electrons. The highest BCUT2D eigenvalue weighted by molar-refractivity contribution is 6.30. The molecule has 7 nitrogen and oxygen atoms in total. The Balaban J connectivity index is 1.49. The number of amides is 1. The Labute approximate surface area is 252 Å². The molecule has 42 heavy (non-hydrogen) atoms. The summed E-state index contributed by atoms with van der Waals surface area (Å²) in [5.41, 5.74) is 5.73. The summed E-state index contributed by atoms with van der Waals surface area (Å²) < 4.78 is 11.5. The predicted molar refractivity (Wildman–Crippen MR) is 165 cm³/mol. The Morgan fingerprint density at radius 1 is 0.929 bits per heavy atom. The molecule has 0 saturated carbocycles. The number of aliphatic carboxylic acids is 1. The van der Waals surface area contributed by atoms with Crippen molar-refractivity contribution < 1.29 is 24.2 Å². The van der Waals surface area contributed by atoms with E-state index in [-0.39, 0.29) is 18.4 Å². The number of aryl methyl sites for hydroxylation is 3. The molecule has 0 aromatic heterocycles. The second-order valence-electron chi connectivity index (χ2n) is 11.1. The quantitative estimate of drug-likeness (QED) is 0.274. The summed E-state index contributed by atoms with van der Waals surface area (Å²) in [6, 6.07) is 17.2. The van der Waals surface area contributed by atoms with Crippen LogP contribution in [0.25, 0.3) is 0 Å². The third-order valence-electron chi connectivity index (χ3n) is 8.38. The van der Waals surface area contributed by atoms with Gasteiger partial charge < -0.3 is 19.9 Å². The Morgan fingerprint density at radius 2 is 1.57 bits per heavy atom. The normalized spacial score (nSPS) is 20.0. The first kappa shape index (κ1) is 29.9. The van der Waals surface area contributed by atoms with E-state index < -0.39 is 17.9 Å². The molecule has 1 amide bonds. The number of halogens is 1. The van der Waals surface area contributed by atoms with E-state index in [1.165, 1.54) is 5.56 Å². The molecule has 5 rings (SSSR count). The average Bonchev–Trinajstić information content (AvgIpc) is 3.37. The maximum Gasteiger partial charge on any atom is 0.309 e. The van der Waals surface area contributed by atoms with Crippen LogP contribution in [-0.2, 0) is 28.9 Å². The summed E-state index contributed by atoms with van der Waals surface area (Å²) in [7, 11) is 0. The van der Waals surface area contributed by atoms with Gasteiger partial charge in [0.15, 0.2) is 11.5 Å². The smallest absolute Gasteiger partial charge is 0.309 e. The number of nitrogens with zero attached hydrogens (tertiary/aromatic N) is 1. The fourth-order valence-electron chi connectivity index (χ4n) is 6.40. The standard InChI is InChI=1S/C34H39ClN2O5/c1-4-7-21-8-10-24(11-9-21)33-31(34(39)40)27(25-12-13-28-29(18-25)42-15-14-41-28)19-37(33)20-30(38)36-32-22(5-2)16-26(35)17-23(32)6-3/h8-13,16-18,27,31,33H,4-7,14-15,19-20H2,1-3H3,(H,36,38)(H,39,40)/t27-,31?,33+/m1/s1. The average molecular weight is 591 g/mol. The first-order chi connectivity index (χ1) is 20.3. The lowest BCUT2D eigenvalue weighted by molar-refractivity contribution is -0.143. The van der Waals surface area contributed by atoms with Gasteiger partial charge in [-0.15, -0.1) is 0 Å². The number of rotatable bonds is 10. The molecule has 0 bridgehead atoms. The summed E-state index contributed by atoms with van der Waals surface area (Å²) in [6.45, 7) is 7.61. The van der Waals surface area contributed by atoms with Crippen molar-refractivity contribution in [1.82, 2.24) is 4.90 Å². The van der Waals surface area contributed by atoms with E-state index in [0.717, 1.165) is 53.6 Å². The molecule has 2 heterocycles. The van der Waals surface area contributed by atoms with Crippen molar-refractivity contribution in [2.45, 2.75) is 58.4 Å². The van der Waals surface area contributed by atoms with E-state index in [0.29, 0.717) is 36.3 Å². The van der Waals surface area contributed by atoms with Crippen molar-refractivity contribution in [3.8, 4) is 11.5 Å². The van der Waals surface area contributed by atoms with Crippen molar-refractivity contribution >= 4 is 29.2 Å². The minimum absolute atomic E-state index is 0.0567. The van der Waals surface area contributed by atoms with Gasteiger partial charge in [-0.25, -0.2) is 0 Å². The Morgan fingerprint density at radius 3 is 2.19 bits per heavy atom. The number of carboxylic acids is 1. The monoisotopic (exact) mass is 590 g/mol. The molecule has 2 aliphatic rings. The number of ether oxygens (including phenoxy) is 2. The number of carbonyl (C=O) groups excluding carboxylic acids is 1. The van der Waals surface area contributed by atoms with Crippen LogP contribution in [0.5, 0.6) is 11.5 Å². The minimum Gasteiger partial charge on any atom is -0.486 e. The molecule has 3 aromatic rings. The lowest BCUT2D eigenvalue weighted by Crippen LogP contribution is -2.35. The second-order valence-corrected chi connectivity index (χ2v) is 11.5. The van der Waals surface area contributed by atoms with Crippen LogP contribution in [0.2, 0.25) is 5.02 Å². The van der Waals surface area contributed by atoms with Gasteiger partial charge >= 0.3 is 5.97 Å². The predicted octanol–water partition coefficient (Wildman–Crippen LogP) is 6.67. The number of hydrogen-bond acceptors (Lipinski definition) is 5. The van der Waals surface area contributed by atoms with Gasteiger partial charge in [0.25, 0.3) is 0 Å². The molecule has 3 aromatic carbocycles. The number of anilines is 1. The Hall–Kier alpha value is -3.55. The van der Waals surface area contributed by atoms with Gasteiger partial charge in [0.1, 0.15) is 13.2 Å². The van der Waals surface area contributed by atoms with Crippen molar-refractivity contribution in [3.05, 3.63) is 87.4 Å². The molecule has 1 saturated heterocycles. The van der Waals surface area contributed by atoms with Crippen molar-refractivity contribution in [2.75, 3.05) is 31.6 Å². The number of nitrogens with one attached hydrogen (secondary N) is 1. The summed E-state index contributed by atoms with van der Waals surface area (Å²) in [5.74, 6) is -0.886. The zero-order valence-corrected chi connectivity index (χ0v) is 25.2. The number of fused-ring (bicyclic) bond motifs is 1. The van der Waals surface area contributed by atoms with Crippen molar-refractivity contribution in [3.63, 3.8) is 0 Å². The zero-order chi connectivity index (χ0) is 29.8. The Kier molecular flexibility index (Phi) is 9.39. The molecule has 1 unspecified atom stereocenters. The molecule has 3 atom stereocenters. The third kappa shape index (κ3) is 6.27. The molecule has 2 aliphatic heterocycles. The number of benzene rings is 3. The van der Waals surface area contributed by atoms with E-state index in [4.69, 9.17) is 21.1 Å². The number of carboxylic acid groups (broad SMARTS) is 1. The third-order valence-corrected chi connectivity index (χ3v) is 8.60. The molecular weight excluding hydrogens is 552 g/mol. The van der Waals surface area contributed by atoms with Crippen LogP contribution >= 0.6 is 11.6 Å². The van der Waals surface area contributed by atoms with E-state index in [2.05, 4.69) is 24.4 Å². The number of carbonyl (C=O) groups is 2. The first-order valence-electron chi connectivity index (χ1n) is 14.9. The fraction of sp³-hybridized carbons (Fsp3) is 0.412. The fourth-order valence-corrected chi connectivity index (χ4v) is 6.66. The highest BCUT2D eigenvalue weighted by atomic mass is 35.5. The van der Waals surface area contributed by atoms with Gasteiger partial charge in [0, 0.05) is 29.2 Å². The van der Waals surface area contributed by atoms with Crippen LogP contribution in [0.1, 0.15) is 67.0 Å². The van der Waals surface area contributed by atoms with Crippen LogP contribution in [-0.4, -0.2) is 48.2 Å².